The molecule has 2 rings (SSSR count). The zero-order valence-corrected chi connectivity index (χ0v) is 15.0. The van der Waals surface area contributed by atoms with Gasteiger partial charge in [0, 0.05) is 6.07 Å². The second-order valence-electron chi connectivity index (χ2n) is 5.38. The highest BCUT2D eigenvalue weighted by Crippen LogP contribution is 2.30. The summed E-state index contributed by atoms with van der Waals surface area (Å²) in [4.78, 5) is 0.0506. The molecule has 0 amide bonds. The Balaban J connectivity index is 2.39. The van der Waals surface area contributed by atoms with Gasteiger partial charge in [0.15, 0.2) is 0 Å². The van der Waals surface area contributed by atoms with Gasteiger partial charge in [0.1, 0.15) is 16.4 Å². The average Bonchev–Trinajstić information content (AvgIpc) is 2.60. The van der Waals surface area contributed by atoms with Crippen molar-refractivity contribution < 1.29 is 17.9 Å². The van der Waals surface area contributed by atoms with Gasteiger partial charge in [-0.15, -0.1) is 0 Å². The van der Waals surface area contributed by atoms with Gasteiger partial charge in [0.05, 0.1) is 19.9 Å². The summed E-state index contributed by atoms with van der Waals surface area (Å²) in [5, 5.41) is 0. The highest BCUT2D eigenvalue weighted by molar-refractivity contribution is 7.92. The van der Waals surface area contributed by atoms with Gasteiger partial charge >= 0.3 is 0 Å². The Kier molecular flexibility index (Phi) is 6.09. The van der Waals surface area contributed by atoms with Crippen LogP contribution in [0.3, 0.4) is 0 Å². The molecule has 0 radical (unpaired) electrons. The van der Waals surface area contributed by atoms with E-state index in [4.69, 9.17) is 9.47 Å². The number of unbranched alkanes of at least 4 members (excludes halogenated alkanes) is 1. The lowest BCUT2D eigenvalue weighted by atomic mass is 10.1. The van der Waals surface area contributed by atoms with Gasteiger partial charge < -0.3 is 9.47 Å². The normalized spacial score (nSPS) is 11.1. The number of benzene rings is 2. The number of hydrogen-bond acceptors (Lipinski definition) is 4. The molecule has 0 aromatic heterocycles. The topological polar surface area (TPSA) is 64.6 Å². The molecule has 1 N–H and O–H groups in total. The first-order valence-corrected chi connectivity index (χ1v) is 9.33. The number of para-hydroxylation sites is 1. The summed E-state index contributed by atoms with van der Waals surface area (Å²) < 4.78 is 38.7. The van der Waals surface area contributed by atoms with Crippen LogP contribution in [0.25, 0.3) is 0 Å². The fourth-order valence-corrected chi connectivity index (χ4v) is 3.68. The smallest absolute Gasteiger partial charge is 0.265 e. The molecule has 0 bridgehead atoms. The average molecular weight is 349 g/mol. The summed E-state index contributed by atoms with van der Waals surface area (Å²) in [5.74, 6) is 0.727. The quantitative estimate of drug-likeness (QED) is 0.786. The first-order chi connectivity index (χ1) is 11.5. The molecule has 5 nitrogen and oxygen atoms in total. The van der Waals surface area contributed by atoms with Crippen LogP contribution < -0.4 is 14.2 Å². The van der Waals surface area contributed by atoms with Crippen LogP contribution in [0.4, 0.5) is 5.69 Å². The van der Waals surface area contributed by atoms with E-state index in [0.29, 0.717) is 11.4 Å². The van der Waals surface area contributed by atoms with Crippen LogP contribution in [-0.4, -0.2) is 22.6 Å². The van der Waals surface area contributed by atoms with Crippen LogP contribution in [0, 0.1) is 0 Å². The van der Waals surface area contributed by atoms with Gasteiger partial charge in [-0.3, -0.25) is 4.72 Å². The van der Waals surface area contributed by atoms with Crippen molar-refractivity contribution in [2.24, 2.45) is 0 Å². The standard InChI is InChI=1S/C18H23NO4S/c1-4-5-8-14-9-6-7-10-16(14)19-24(20,21)18-13-15(22-2)11-12-17(18)23-3/h6-7,9-13,19H,4-5,8H2,1-3H3. The summed E-state index contributed by atoms with van der Waals surface area (Å²) >= 11 is 0. The SMILES string of the molecule is CCCCc1ccccc1NS(=O)(=O)c1cc(OC)ccc1OC. The zero-order valence-electron chi connectivity index (χ0n) is 14.2. The minimum Gasteiger partial charge on any atom is -0.497 e. The zero-order chi connectivity index (χ0) is 17.6. The van der Waals surface area contributed by atoms with Crippen molar-refractivity contribution in [2.45, 2.75) is 31.1 Å². The molecule has 2 aromatic carbocycles. The molecule has 0 heterocycles. The first-order valence-electron chi connectivity index (χ1n) is 7.84. The van der Waals surface area contributed by atoms with Crippen LogP contribution in [-0.2, 0) is 16.4 Å². The molecule has 0 aliphatic carbocycles. The van der Waals surface area contributed by atoms with Crippen LogP contribution >= 0.6 is 0 Å². The van der Waals surface area contributed by atoms with Crippen molar-refractivity contribution in [2.75, 3.05) is 18.9 Å². The second kappa shape index (κ2) is 8.06. The maximum absolute atomic E-state index is 12.8. The number of hydrogen-bond donors (Lipinski definition) is 1. The Morgan fingerprint density at radius 3 is 2.46 bits per heavy atom. The molecule has 0 unspecified atom stereocenters. The molecule has 2 aromatic rings. The highest BCUT2D eigenvalue weighted by Gasteiger charge is 2.21. The molecule has 0 saturated heterocycles. The first kappa shape index (κ1) is 18.1. The van der Waals surface area contributed by atoms with Crippen molar-refractivity contribution in [3.05, 3.63) is 48.0 Å². The maximum atomic E-state index is 12.8. The van der Waals surface area contributed by atoms with Crippen molar-refractivity contribution >= 4 is 15.7 Å². The molecule has 0 aliphatic rings. The van der Waals surface area contributed by atoms with Crippen molar-refractivity contribution in [3.8, 4) is 11.5 Å². The number of sulfonamides is 1. The predicted octanol–water partition coefficient (Wildman–Crippen LogP) is 3.85. The number of ether oxygens (including phenoxy) is 2. The number of nitrogens with one attached hydrogen (secondary N) is 1. The number of aryl methyl sites for hydroxylation is 1. The molecule has 0 saturated carbocycles. The minimum atomic E-state index is -3.79. The molecule has 6 heteroatoms. The van der Waals surface area contributed by atoms with Gasteiger partial charge in [-0.05, 0) is 36.6 Å². The van der Waals surface area contributed by atoms with E-state index >= 15 is 0 Å². The van der Waals surface area contributed by atoms with E-state index in [1.165, 1.54) is 20.3 Å². The highest BCUT2D eigenvalue weighted by atomic mass is 32.2. The summed E-state index contributed by atoms with van der Waals surface area (Å²) in [5.41, 5.74) is 1.57. The van der Waals surface area contributed by atoms with E-state index in [-0.39, 0.29) is 10.6 Å². The summed E-state index contributed by atoms with van der Waals surface area (Å²) in [6.45, 7) is 2.11. The van der Waals surface area contributed by atoms with E-state index < -0.39 is 10.0 Å². The number of rotatable bonds is 8. The fraction of sp³-hybridized carbons (Fsp3) is 0.333. The summed E-state index contributed by atoms with van der Waals surface area (Å²) in [6.07, 6.45) is 2.87. The van der Waals surface area contributed by atoms with Crippen LogP contribution in [0.5, 0.6) is 11.5 Å². The number of methoxy groups -OCH3 is 2. The Morgan fingerprint density at radius 2 is 1.79 bits per heavy atom. The Hall–Kier alpha value is -2.21. The third kappa shape index (κ3) is 4.20. The Morgan fingerprint density at radius 1 is 1.04 bits per heavy atom. The lowest BCUT2D eigenvalue weighted by molar-refractivity contribution is 0.392. The molecule has 0 aliphatic heterocycles. The van der Waals surface area contributed by atoms with Crippen LogP contribution in [0.15, 0.2) is 47.4 Å². The lowest BCUT2D eigenvalue weighted by Gasteiger charge is -2.15. The van der Waals surface area contributed by atoms with Crippen molar-refractivity contribution in [3.63, 3.8) is 0 Å². The molecular formula is C18H23NO4S. The molecular weight excluding hydrogens is 326 g/mol. The second-order valence-corrected chi connectivity index (χ2v) is 7.03. The molecule has 0 atom stereocenters. The largest absolute Gasteiger partial charge is 0.497 e. The van der Waals surface area contributed by atoms with Gasteiger partial charge in [0.25, 0.3) is 10.0 Å². The van der Waals surface area contributed by atoms with Gasteiger partial charge in [-0.2, -0.15) is 0 Å². The van der Waals surface area contributed by atoms with Gasteiger partial charge in [-0.25, -0.2) is 8.42 Å². The van der Waals surface area contributed by atoms with E-state index in [1.54, 1.807) is 18.2 Å². The van der Waals surface area contributed by atoms with Gasteiger partial charge in [-0.1, -0.05) is 31.5 Å². The third-order valence-electron chi connectivity index (χ3n) is 3.72. The van der Waals surface area contributed by atoms with Crippen molar-refractivity contribution in [1.29, 1.82) is 0 Å². The Labute approximate surface area is 143 Å². The third-order valence-corrected chi connectivity index (χ3v) is 5.11. The maximum Gasteiger partial charge on any atom is 0.265 e. The van der Waals surface area contributed by atoms with Crippen molar-refractivity contribution in [1.82, 2.24) is 0 Å². The fourth-order valence-electron chi connectivity index (χ4n) is 2.40. The lowest BCUT2D eigenvalue weighted by Crippen LogP contribution is -2.15. The minimum absolute atomic E-state index is 0.0506. The Bertz CT molecular complexity index is 787. The number of anilines is 1. The van der Waals surface area contributed by atoms with Gasteiger partial charge in [0.2, 0.25) is 0 Å². The molecule has 130 valence electrons. The van der Waals surface area contributed by atoms with Crippen LogP contribution in [0.2, 0.25) is 0 Å². The monoisotopic (exact) mass is 349 g/mol. The van der Waals surface area contributed by atoms with Crippen LogP contribution in [0.1, 0.15) is 25.3 Å². The predicted molar refractivity (Wildman–Crippen MR) is 95.4 cm³/mol. The molecule has 0 spiro atoms. The summed E-state index contributed by atoms with van der Waals surface area (Å²) in [6, 6.07) is 12.1. The van der Waals surface area contributed by atoms with E-state index in [0.717, 1.165) is 24.8 Å². The molecule has 0 fully saturated rings. The summed E-state index contributed by atoms with van der Waals surface area (Å²) in [7, 11) is -0.859. The molecule has 24 heavy (non-hydrogen) atoms. The van der Waals surface area contributed by atoms with E-state index in [9.17, 15) is 8.42 Å². The van der Waals surface area contributed by atoms with E-state index in [1.807, 2.05) is 18.2 Å². The van der Waals surface area contributed by atoms with E-state index in [2.05, 4.69) is 11.6 Å².